The molecule has 0 aliphatic rings. The smallest absolute Gasteiger partial charge is 0.323 e. The van der Waals surface area contributed by atoms with Crippen molar-refractivity contribution >= 4 is 11.9 Å². The fourth-order valence-electron chi connectivity index (χ4n) is 0.926. The van der Waals surface area contributed by atoms with Gasteiger partial charge in [-0.3, -0.25) is 9.36 Å². The minimum absolute atomic E-state index is 0.167. The quantitative estimate of drug-likeness (QED) is 0.607. The Morgan fingerprint density at radius 2 is 2.43 bits per heavy atom. The largest absolute Gasteiger partial charge is 0.480 e. The third-order valence-electron chi connectivity index (χ3n) is 1.53. The van der Waals surface area contributed by atoms with Gasteiger partial charge in [-0.15, -0.1) is 10.2 Å². The molecular weight excluding hydrogens is 188 g/mol. The van der Waals surface area contributed by atoms with Crippen LogP contribution in [-0.2, 0) is 16.4 Å². The van der Waals surface area contributed by atoms with Crippen molar-refractivity contribution in [3.05, 3.63) is 6.33 Å². The molecule has 7 heteroatoms. The third-order valence-corrected chi connectivity index (χ3v) is 1.53. The van der Waals surface area contributed by atoms with E-state index < -0.39 is 5.97 Å². The van der Waals surface area contributed by atoms with E-state index in [0.717, 1.165) is 0 Å². The molecule has 0 fully saturated rings. The van der Waals surface area contributed by atoms with Gasteiger partial charge in [-0.2, -0.15) is 0 Å². The number of nitrogens with one attached hydrogen (secondary N) is 1. The predicted molar refractivity (Wildman–Crippen MR) is 46.3 cm³/mol. The lowest BCUT2D eigenvalue weighted by atomic mass is 10.4. The van der Waals surface area contributed by atoms with Crippen molar-refractivity contribution in [2.24, 2.45) is 0 Å². The molecule has 0 saturated carbocycles. The van der Waals surface area contributed by atoms with Crippen LogP contribution in [0.1, 0.15) is 6.42 Å². The fraction of sp³-hybridized carbons (Fsp3) is 0.571. The molecule has 0 aromatic carbocycles. The van der Waals surface area contributed by atoms with Crippen LogP contribution in [0.2, 0.25) is 0 Å². The number of hydrogen-bond donors (Lipinski definition) is 2. The summed E-state index contributed by atoms with van der Waals surface area (Å²) >= 11 is 0. The molecule has 1 heterocycles. The second kappa shape index (κ2) is 5.18. The number of rotatable bonds is 6. The zero-order valence-electron chi connectivity index (χ0n) is 7.51. The average Bonchev–Trinajstić information content (AvgIpc) is 2.52. The molecule has 14 heavy (non-hydrogen) atoms. The Kier molecular flexibility index (Phi) is 3.86. The van der Waals surface area contributed by atoms with Gasteiger partial charge in [-0.05, 0) is 6.42 Å². The highest BCUT2D eigenvalue weighted by atomic mass is 16.4. The highest BCUT2D eigenvalue weighted by Gasteiger charge is 2.05. The van der Waals surface area contributed by atoms with Gasteiger partial charge in [0.2, 0.25) is 5.95 Å². The summed E-state index contributed by atoms with van der Waals surface area (Å²) in [4.78, 5) is 10.4. The van der Waals surface area contributed by atoms with Gasteiger partial charge in [0.25, 0.3) is 0 Å². The van der Waals surface area contributed by atoms with Crippen LogP contribution in [0.25, 0.3) is 0 Å². The third kappa shape index (κ3) is 3.02. The van der Waals surface area contributed by atoms with Gasteiger partial charge in [0, 0.05) is 6.54 Å². The van der Waals surface area contributed by atoms with Crippen LogP contribution in [0, 0.1) is 0 Å². The lowest BCUT2D eigenvalue weighted by Crippen LogP contribution is -2.13. The Hall–Kier alpha value is -1.63. The maximum Gasteiger partial charge on any atom is 0.323 e. The highest BCUT2D eigenvalue weighted by Crippen LogP contribution is 2.01. The van der Waals surface area contributed by atoms with E-state index in [2.05, 4.69) is 15.5 Å². The van der Waals surface area contributed by atoms with Crippen molar-refractivity contribution in [3.63, 3.8) is 0 Å². The van der Waals surface area contributed by atoms with Crippen molar-refractivity contribution in [1.82, 2.24) is 14.8 Å². The first-order chi connectivity index (χ1) is 6.74. The molecule has 1 aromatic heterocycles. The molecule has 0 amide bonds. The van der Waals surface area contributed by atoms with E-state index in [9.17, 15) is 9.90 Å². The van der Waals surface area contributed by atoms with Crippen molar-refractivity contribution in [2.45, 2.75) is 13.0 Å². The van der Waals surface area contributed by atoms with Crippen LogP contribution in [0.4, 0.5) is 5.95 Å². The lowest BCUT2D eigenvalue weighted by molar-refractivity contribution is -0.137. The number of hydrogen-bond acceptors (Lipinski definition) is 4. The molecule has 7 nitrogen and oxygen atoms in total. The average molecular weight is 199 g/mol. The van der Waals surface area contributed by atoms with Crippen LogP contribution < -0.4 is 5.32 Å². The molecule has 0 saturated heterocycles. The van der Waals surface area contributed by atoms with Gasteiger partial charge in [0.05, 0.1) is 6.61 Å². The molecule has 0 aliphatic heterocycles. The first-order valence-electron chi connectivity index (χ1n) is 4.15. The monoisotopic (exact) mass is 199 g/mol. The number of carbonyl (C=O) groups is 1. The van der Waals surface area contributed by atoms with Crippen LogP contribution in [-0.4, -0.2) is 39.0 Å². The number of aliphatic carboxylic acids is 1. The van der Waals surface area contributed by atoms with Crippen LogP contribution in [0.15, 0.2) is 6.33 Å². The number of carboxylic acid groups (broad SMARTS) is 1. The molecular formula is C7H11N4O3. The molecule has 0 bridgehead atoms. The molecule has 0 spiro atoms. The minimum Gasteiger partial charge on any atom is -0.480 e. The van der Waals surface area contributed by atoms with Crippen LogP contribution in [0.3, 0.4) is 0 Å². The van der Waals surface area contributed by atoms with Gasteiger partial charge < -0.3 is 10.4 Å². The Labute approximate surface area is 80.4 Å². The molecule has 1 rings (SSSR count). The Bertz CT molecular complexity index is 299. The van der Waals surface area contributed by atoms with E-state index in [1.165, 1.54) is 10.9 Å². The van der Waals surface area contributed by atoms with Crippen LogP contribution >= 0.6 is 0 Å². The van der Waals surface area contributed by atoms with Gasteiger partial charge in [0.1, 0.15) is 12.9 Å². The molecule has 1 radical (unpaired) electrons. The molecule has 0 aliphatic carbocycles. The van der Waals surface area contributed by atoms with E-state index in [0.29, 0.717) is 18.9 Å². The number of aromatic nitrogens is 3. The number of nitrogens with zero attached hydrogens (tertiary/aromatic N) is 3. The van der Waals surface area contributed by atoms with Crippen molar-refractivity contribution < 1.29 is 15.0 Å². The highest BCUT2D eigenvalue weighted by molar-refractivity contribution is 5.67. The van der Waals surface area contributed by atoms with Gasteiger partial charge >= 0.3 is 5.97 Å². The summed E-state index contributed by atoms with van der Waals surface area (Å²) in [5, 5.41) is 28.7. The van der Waals surface area contributed by atoms with E-state index in [4.69, 9.17) is 5.11 Å². The summed E-state index contributed by atoms with van der Waals surface area (Å²) in [7, 11) is 0. The number of carboxylic acids is 1. The normalized spacial score (nSPS) is 10.1. The molecule has 0 unspecified atom stereocenters. The van der Waals surface area contributed by atoms with Gasteiger partial charge in [-0.25, -0.2) is 5.11 Å². The molecule has 77 valence electrons. The van der Waals surface area contributed by atoms with Gasteiger partial charge in [-0.1, -0.05) is 0 Å². The van der Waals surface area contributed by atoms with E-state index >= 15 is 0 Å². The van der Waals surface area contributed by atoms with Crippen molar-refractivity contribution in [2.75, 3.05) is 18.5 Å². The standard InChI is InChI=1S/C7H11N4O3/c12-3-1-2-8-7-10-9-5-11(7)4-6(13)14/h5H,1-4H2,(H,8,10)(H,13,14). The lowest BCUT2D eigenvalue weighted by Gasteiger charge is -2.04. The van der Waals surface area contributed by atoms with Crippen molar-refractivity contribution in [3.8, 4) is 0 Å². The van der Waals surface area contributed by atoms with E-state index in [1.807, 2.05) is 0 Å². The summed E-state index contributed by atoms with van der Waals surface area (Å²) < 4.78 is 1.37. The summed E-state index contributed by atoms with van der Waals surface area (Å²) in [6, 6.07) is 0. The van der Waals surface area contributed by atoms with E-state index in [1.54, 1.807) is 0 Å². The zero-order valence-corrected chi connectivity index (χ0v) is 7.51. The van der Waals surface area contributed by atoms with Crippen LogP contribution in [0.5, 0.6) is 0 Å². The molecule has 1 aromatic rings. The fourth-order valence-corrected chi connectivity index (χ4v) is 0.926. The molecule has 2 N–H and O–H groups in total. The van der Waals surface area contributed by atoms with Crippen molar-refractivity contribution in [1.29, 1.82) is 0 Å². The summed E-state index contributed by atoms with van der Waals surface area (Å²) in [5.41, 5.74) is 0. The first kappa shape index (κ1) is 10.5. The van der Waals surface area contributed by atoms with Gasteiger partial charge in [0.15, 0.2) is 0 Å². The Morgan fingerprint density at radius 1 is 1.64 bits per heavy atom. The number of anilines is 1. The summed E-state index contributed by atoms with van der Waals surface area (Å²) in [6.07, 6.45) is 1.80. The second-order valence-electron chi connectivity index (χ2n) is 2.66. The topological polar surface area (TPSA) is 99.9 Å². The zero-order chi connectivity index (χ0) is 10.4. The maximum absolute atomic E-state index is 10.4. The molecule has 0 atom stereocenters. The minimum atomic E-state index is -0.961. The first-order valence-corrected chi connectivity index (χ1v) is 4.15. The summed E-state index contributed by atoms with van der Waals surface area (Å²) in [5.74, 6) is -0.586. The second-order valence-corrected chi connectivity index (χ2v) is 2.66. The predicted octanol–water partition coefficient (Wildman–Crippen LogP) is -0.405. The summed E-state index contributed by atoms with van der Waals surface area (Å²) in [6.45, 7) is 0.120. The van der Waals surface area contributed by atoms with E-state index in [-0.39, 0.29) is 13.2 Å². The SMILES string of the molecule is [O]CCCNc1nncn1CC(=O)O. The Balaban J connectivity index is 2.49. The maximum atomic E-state index is 10.4. The Morgan fingerprint density at radius 3 is 3.07 bits per heavy atom.